The monoisotopic (exact) mass is 283 g/mol. The lowest BCUT2D eigenvalue weighted by Gasteiger charge is -2.23. The van der Waals surface area contributed by atoms with E-state index in [4.69, 9.17) is 19.9 Å². The molecule has 0 amide bonds. The zero-order valence-electron chi connectivity index (χ0n) is 11.4. The molecule has 1 saturated heterocycles. The number of hydrogen-bond acceptors (Lipinski definition) is 5. The molecule has 0 atom stereocenters. The zero-order valence-corrected chi connectivity index (χ0v) is 11.4. The van der Waals surface area contributed by atoms with Gasteiger partial charge in [-0.25, -0.2) is 9.18 Å². The van der Waals surface area contributed by atoms with Gasteiger partial charge in [0.2, 0.25) is 0 Å². The second-order valence-corrected chi connectivity index (χ2v) is 4.52. The highest BCUT2D eigenvalue weighted by Crippen LogP contribution is 2.27. The molecular weight excluding hydrogens is 265 g/mol. The summed E-state index contributed by atoms with van der Waals surface area (Å²) in [6, 6.07) is 2.39. The van der Waals surface area contributed by atoms with Crippen molar-refractivity contribution in [3.63, 3.8) is 0 Å². The molecule has 2 N–H and O–H groups in total. The lowest BCUT2D eigenvalue weighted by Crippen LogP contribution is -2.26. The SMILES string of the molecule is CCOC(=O)c1cc(OC2CCOCC2)c(F)cc1N. The Bertz CT molecular complexity index is 486. The van der Waals surface area contributed by atoms with Crippen LogP contribution in [0.3, 0.4) is 0 Å². The van der Waals surface area contributed by atoms with Gasteiger partial charge in [0.25, 0.3) is 0 Å². The van der Waals surface area contributed by atoms with Crippen LogP contribution in [-0.2, 0) is 9.47 Å². The average molecular weight is 283 g/mol. The summed E-state index contributed by atoms with van der Waals surface area (Å²) in [5, 5.41) is 0. The van der Waals surface area contributed by atoms with E-state index in [9.17, 15) is 9.18 Å². The Morgan fingerprint density at radius 1 is 1.45 bits per heavy atom. The smallest absolute Gasteiger partial charge is 0.340 e. The van der Waals surface area contributed by atoms with E-state index >= 15 is 0 Å². The normalized spacial score (nSPS) is 15.9. The topological polar surface area (TPSA) is 70.8 Å². The largest absolute Gasteiger partial charge is 0.487 e. The van der Waals surface area contributed by atoms with Gasteiger partial charge in [-0.3, -0.25) is 0 Å². The maximum atomic E-state index is 13.8. The first-order valence-electron chi connectivity index (χ1n) is 6.62. The van der Waals surface area contributed by atoms with E-state index < -0.39 is 11.8 Å². The average Bonchev–Trinajstić information content (AvgIpc) is 2.43. The van der Waals surface area contributed by atoms with E-state index in [1.165, 1.54) is 6.07 Å². The van der Waals surface area contributed by atoms with E-state index in [-0.39, 0.29) is 29.7 Å². The van der Waals surface area contributed by atoms with Gasteiger partial charge in [-0.1, -0.05) is 0 Å². The van der Waals surface area contributed by atoms with Crippen LogP contribution in [0.5, 0.6) is 5.75 Å². The van der Waals surface area contributed by atoms with Gasteiger partial charge in [0, 0.05) is 24.6 Å². The van der Waals surface area contributed by atoms with Crippen LogP contribution in [0.15, 0.2) is 12.1 Å². The Morgan fingerprint density at radius 2 is 2.15 bits per heavy atom. The Kier molecular flexibility index (Phi) is 4.79. The number of rotatable bonds is 4. The molecular formula is C14H18FNO4. The first kappa shape index (κ1) is 14.6. The van der Waals surface area contributed by atoms with Gasteiger partial charge >= 0.3 is 5.97 Å². The molecule has 1 fully saturated rings. The summed E-state index contributed by atoms with van der Waals surface area (Å²) >= 11 is 0. The number of esters is 1. The second kappa shape index (κ2) is 6.56. The van der Waals surface area contributed by atoms with E-state index in [1.807, 2.05) is 0 Å². The minimum absolute atomic E-state index is 0.0224. The van der Waals surface area contributed by atoms with Crippen LogP contribution in [0.25, 0.3) is 0 Å². The van der Waals surface area contributed by atoms with Crippen LogP contribution in [0.1, 0.15) is 30.1 Å². The van der Waals surface area contributed by atoms with Crippen molar-refractivity contribution in [2.24, 2.45) is 0 Å². The first-order valence-corrected chi connectivity index (χ1v) is 6.62. The van der Waals surface area contributed by atoms with E-state index in [1.54, 1.807) is 6.92 Å². The summed E-state index contributed by atoms with van der Waals surface area (Å²) in [4.78, 5) is 11.7. The van der Waals surface area contributed by atoms with Gasteiger partial charge in [0.05, 0.1) is 25.4 Å². The number of nitrogens with two attached hydrogens (primary N) is 1. The summed E-state index contributed by atoms with van der Waals surface area (Å²) in [5.41, 5.74) is 5.80. The van der Waals surface area contributed by atoms with Crippen LogP contribution >= 0.6 is 0 Å². The number of benzene rings is 1. The van der Waals surface area contributed by atoms with Crippen LogP contribution in [-0.4, -0.2) is 31.9 Å². The Morgan fingerprint density at radius 3 is 2.80 bits per heavy atom. The number of halogens is 1. The van der Waals surface area contributed by atoms with Gasteiger partial charge in [0.15, 0.2) is 11.6 Å². The number of ether oxygens (including phenoxy) is 3. The maximum Gasteiger partial charge on any atom is 0.340 e. The first-order chi connectivity index (χ1) is 9.61. The van der Waals surface area contributed by atoms with E-state index in [0.29, 0.717) is 26.1 Å². The third kappa shape index (κ3) is 3.39. The van der Waals surface area contributed by atoms with Gasteiger partial charge < -0.3 is 19.9 Å². The van der Waals surface area contributed by atoms with Crippen LogP contribution < -0.4 is 10.5 Å². The molecule has 0 radical (unpaired) electrons. The summed E-state index contributed by atoms with van der Waals surface area (Å²) in [6.07, 6.45) is 1.27. The highest BCUT2D eigenvalue weighted by molar-refractivity contribution is 5.95. The maximum absolute atomic E-state index is 13.8. The van der Waals surface area contributed by atoms with Gasteiger partial charge in [-0.05, 0) is 13.0 Å². The molecule has 20 heavy (non-hydrogen) atoms. The molecule has 6 heteroatoms. The Hall–Kier alpha value is -1.82. The van der Waals surface area contributed by atoms with E-state index in [0.717, 1.165) is 6.07 Å². The Balaban J connectivity index is 2.19. The van der Waals surface area contributed by atoms with Crippen molar-refractivity contribution in [3.05, 3.63) is 23.5 Å². The van der Waals surface area contributed by atoms with Crippen molar-refractivity contribution >= 4 is 11.7 Å². The van der Waals surface area contributed by atoms with Crippen molar-refractivity contribution in [1.29, 1.82) is 0 Å². The van der Waals surface area contributed by atoms with Crippen LogP contribution in [0, 0.1) is 5.82 Å². The number of carbonyl (C=O) groups excluding carboxylic acids is 1. The number of nitrogen functional groups attached to an aromatic ring is 1. The molecule has 1 aliphatic rings. The molecule has 0 unspecified atom stereocenters. The minimum atomic E-state index is -0.582. The quantitative estimate of drug-likeness (QED) is 0.677. The van der Waals surface area contributed by atoms with Crippen molar-refractivity contribution in [2.75, 3.05) is 25.6 Å². The molecule has 5 nitrogen and oxygen atoms in total. The molecule has 1 heterocycles. The summed E-state index contributed by atoms with van der Waals surface area (Å²) in [7, 11) is 0. The molecule has 0 aromatic heterocycles. The van der Waals surface area contributed by atoms with Gasteiger partial charge in [-0.15, -0.1) is 0 Å². The van der Waals surface area contributed by atoms with E-state index in [2.05, 4.69) is 0 Å². The lowest BCUT2D eigenvalue weighted by atomic mass is 10.1. The molecule has 1 aliphatic heterocycles. The number of anilines is 1. The summed E-state index contributed by atoms with van der Waals surface area (Å²) < 4.78 is 29.5. The summed E-state index contributed by atoms with van der Waals surface area (Å²) in [6.45, 7) is 3.10. The van der Waals surface area contributed by atoms with Crippen molar-refractivity contribution in [3.8, 4) is 5.75 Å². The third-order valence-electron chi connectivity index (χ3n) is 3.06. The fourth-order valence-electron chi connectivity index (χ4n) is 2.02. The highest BCUT2D eigenvalue weighted by Gasteiger charge is 2.20. The molecule has 0 bridgehead atoms. The fourth-order valence-corrected chi connectivity index (χ4v) is 2.02. The zero-order chi connectivity index (χ0) is 14.5. The van der Waals surface area contributed by atoms with Gasteiger partial charge in [0.1, 0.15) is 6.10 Å². The minimum Gasteiger partial charge on any atom is -0.487 e. The van der Waals surface area contributed by atoms with Crippen molar-refractivity contribution < 1.29 is 23.4 Å². The van der Waals surface area contributed by atoms with Gasteiger partial charge in [-0.2, -0.15) is 0 Å². The molecule has 1 aromatic rings. The summed E-state index contributed by atoms with van der Waals surface area (Å²) in [5.74, 6) is -1.14. The van der Waals surface area contributed by atoms with Crippen LogP contribution in [0.2, 0.25) is 0 Å². The predicted molar refractivity (Wildman–Crippen MR) is 71.2 cm³/mol. The Labute approximate surface area is 116 Å². The van der Waals surface area contributed by atoms with Crippen molar-refractivity contribution in [1.82, 2.24) is 0 Å². The highest BCUT2D eigenvalue weighted by atomic mass is 19.1. The predicted octanol–water partition coefficient (Wildman–Crippen LogP) is 2.14. The molecule has 0 aliphatic carbocycles. The standard InChI is InChI=1S/C14H18FNO4/c1-2-19-14(17)10-7-13(11(15)8-12(10)16)20-9-3-5-18-6-4-9/h7-9H,2-6,16H2,1H3. The molecule has 2 rings (SSSR count). The molecule has 110 valence electrons. The molecule has 0 spiro atoms. The molecule has 1 aromatic carbocycles. The molecule has 0 saturated carbocycles. The van der Waals surface area contributed by atoms with Crippen LogP contribution in [0.4, 0.5) is 10.1 Å². The third-order valence-corrected chi connectivity index (χ3v) is 3.06. The number of carbonyl (C=O) groups is 1. The second-order valence-electron chi connectivity index (χ2n) is 4.52. The fraction of sp³-hybridized carbons (Fsp3) is 0.500. The number of hydrogen-bond donors (Lipinski definition) is 1. The lowest BCUT2D eigenvalue weighted by molar-refractivity contribution is 0.0238. The van der Waals surface area contributed by atoms with Crippen molar-refractivity contribution in [2.45, 2.75) is 25.9 Å².